The van der Waals surface area contributed by atoms with Crippen LogP contribution in [0, 0.1) is 5.92 Å². The standard InChI is InChI=1S/C39H44N6O8S2/c1-2-23-22-39(23,37(48)44-55(50,51)25-18-19-25)43-34(46)30-21-31(53-35-33(32-17-10-20-54-32)40-26-13-8-9-14-27(26)41-35)29-16-5-3-4-15-28(36(47)45(29)30)42-38(49)52-24-11-6-7-12-24/h2-4,8-10,13-14,17,20,23-25,28-31H,1,5-7,11-12,15-16,18-19,21-22H2,(H,42,49)(H,43,46)(H,44,48)/b4-3-/t23-,28?,29?,30+,31-,39?/m1/s1. The van der Waals surface area contributed by atoms with Gasteiger partial charge in [-0.25, -0.2) is 23.2 Å². The number of hydrogen-bond acceptors (Lipinski definition) is 11. The molecule has 16 heteroatoms. The number of fused-ring (bicyclic) bond motifs is 2. The highest BCUT2D eigenvalue weighted by atomic mass is 32.2. The zero-order valence-corrected chi connectivity index (χ0v) is 31.9. The van der Waals surface area contributed by atoms with Gasteiger partial charge in [0.25, 0.3) is 5.91 Å². The number of nitrogens with zero attached hydrogens (tertiary/aromatic N) is 3. The predicted molar refractivity (Wildman–Crippen MR) is 204 cm³/mol. The molecule has 1 saturated heterocycles. The number of aromatic nitrogens is 2. The highest BCUT2D eigenvalue weighted by molar-refractivity contribution is 7.91. The molecule has 0 spiro atoms. The van der Waals surface area contributed by atoms with E-state index < -0.39 is 74.8 Å². The lowest BCUT2D eigenvalue weighted by atomic mass is 10.0. The van der Waals surface area contributed by atoms with E-state index in [2.05, 4.69) is 21.9 Å². The van der Waals surface area contributed by atoms with Crippen LogP contribution in [-0.4, -0.2) is 88.2 Å². The first-order valence-electron chi connectivity index (χ1n) is 19.0. The molecule has 3 aliphatic carbocycles. The minimum absolute atomic E-state index is 0.0282. The number of sulfonamides is 1. The highest BCUT2D eigenvalue weighted by Gasteiger charge is 2.62. The Kier molecular flexibility index (Phi) is 10.1. The number of allylic oxidation sites excluding steroid dienone is 1. The van der Waals surface area contributed by atoms with Crippen LogP contribution in [0.15, 0.2) is 66.6 Å². The molecular formula is C39H44N6O8S2. The summed E-state index contributed by atoms with van der Waals surface area (Å²) in [6, 6.07) is 8.41. The molecule has 4 fully saturated rings. The van der Waals surface area contributed by atoms with Gasteiger partial charge >= 0.3 is 6.09 Å². The van der Waals surface area contributed by atoms with Gasteiger partial charge in [0.1, 0.15) is 35.5 Å². The smallest absolute Gasteiger partial charge is 0.408 e. The van der Waals surface area contributed by atoms with Crippen LogP contribution >= 0.6 is 11.3 Å². The topological polar surface area (TPSA) is 186 Å². The van der Waals surface area contributed by atoms with Crippen LogP contribution in [0.5, 0.6) is 5.88 Å². The van der Waals surface area contributed by atoms with Crippen molar-refractivity contribution < 1.29 is 37.1 Å². The van der Waals surface area contributed by atoms with Gasteiger partial charge in [-0.3, -0.25) is 19.1 Å². The van der Waals surface area contributed by atoms with Crippen molar-refractivity contribution in [3.8, 4) is 16.5 Å². The van der Waals surface area contributed by atoms with Crippen molar-refractivity contribution in [2.24, 2.45) is 5.92 Å². The van der Waals surface area contributed by atoms with E-state index in [4.69, 9.17) is 19.4 Å². The van der Waals surface area contributed by atoms with Gasteiger partial charge in [0.15, 0.2) is 0 Å². The second kappa shape index (κ2) is 15.0. The Balaban J connectivity index is 1.12. The highest BCUT2D eigenvalue weighted by Crippen LogP contribution is 2.46. The van der Waals surface area contributed by atoms with E-state index in [0.29, 0.717) is 42.4 Å². The van der Waals surface area contributed by atoms with Crippen molar-refractivity contribution >= 4 is 56.2 Å². The van der Waals surface area contributed by atoms with Crippen molar-refractivity contribution in [1.82, 2.24) is 30.2 Å². The molecule has 3 saturated carbocycles. The number of ether oxygens (including phenoxy) is 2. The van der Waals surface area contributed by atoms with Crippen molar-refractivity contribution in [2.75, 3.05) is 0 Å². The van der Waals surface area contributed by atoms with Crippen LogP contribution in [0.4, 0.5) is 4.79 Å². The van der Waals surface area contributed by atoms with Crippen LogP contribution < -0.4 is 20.1 Å². The summed E-state index contributed by atoms with van der Waals surface area (Å²) < 4.78 is 40.2. The fourth-order valence-corrected chi connectivity index (χ4v) is 10.1. The summed E-state index contributed by atoms with van der Waals surface area (Å²) in [6.07, 6.45) is 9.32. The Morgan fingerprint density at radius 2 is 1.76 bits per heavy atom. The molecule has 0 bridgehead atoms. The van der Waals surface area contributed by atoms with E-state index in [9.17, 15) is 27.6 Å². The molecule has 14 nitrogen and oxygen atoms in total. The summed E-state index contributed by atoms with van der Waals surface area (Å²) in [4.78, 5) is 68.1. The van der Waals surface area contributed by atoms with E-state index >= 15 is 0 Å². The van der Waals surface area contributed by atoms with Crippen molar-refractivity contribution in [1.29, 1.82) is 0 Å². The van der Waals surface area contributed by atoms with Gasteiger partial charge in [-0.1, -0.05) is 36.4 Å². The van der Waals surface area contributed by atoms with Crippen molar-refractivity contribution in [3.05, 3.63) is 66.6 Å². The van der Waals surface area contributed by atoms with E-state index in [1.54, 1.807) is 0 Å². The molecule has 55 heavy (non-hydrogen) atoms. The number of benzene rings is 1. The summed E-state index contributed by atoms with van der Waals surface area (Å²) in [5, 5.41) is 6.91. The third-order valence-electron chi connectivity index (χ3n) is 11.3. The lowest BCUT2D eigenvalue weighted by molar-refractivity contribution is -0.143. The van der Waals surface area contributed by atoms with Crippen molar-refractivity contribution in [2.45, 2.75) is 112 Å². The number of hydrogen-bond donors (Lipinski definition) is 3. The predicted octanol–water partition coefficient (Wildman–Crippen LogP) is 4.52. The Bertz CT molecular complexity index is 2130. The number of rotatable bonds is 11. The summed E-state index contributed by atoms with van der Waals surface area (Å²) in [5.74, 6) is -2.25. The third-order valence-corrected chi connectivity index (χ3v) is 14.0. The Hall–Kier alpha value is -4.83. The fourth-order valence-electron chi connectivity index (χ4n) is 8.06. The molecule has 0 radical (unpaired) electrons. The molecule has 2 aliphatic heterocycles. The van der Waals surface area contributed by atoms with E-state index in [0.717, 1.165) is 30.6 Å². The van der Waals surface area contributed by atoms with Gasteiger partial charge in [-0.15, -0.1) is 17.9 Å². The number of carbonyl (C=O) groups is 4. The SMILES string of the molecule is C=C[C@@H]1CC1(NC(=O)[C@@H]1C[C@@H](Oc2nc3ccccc3nc2-c2cccs2)C2CC/C=C\CC(NC(=O)OC3CCCC3)C(=O)N21)C(=O)NS(=O)(=O)C1CC1. The number of alkyl carbamates (subject to hydrolysis) is 1. The first kappa shape index (κ1) is 37.1. The summed E-state index contributed by atoms with van der Waals surface area (Å²) >= 11 is 1.48. The fraction of sp³-hybridized carbons (Fsp3) is 0.487. The molecule has 3 aromatic rings. The quantitative estimate of drug-likeness (QED) is 0.233. The number of para-hydroxylation sites is 2. The molecule has 1 aromatic carbocycles. The lowest BCUT2D eigenvalue weighted by Crippen LogP contribution is -2.59. The molecule has 8 rings (SSSR count). The van der Waals surface area contributed by atoms with Gasteiger partial charge in [0.05, 0.1) is 27.2 Å². The molecule has 5 aliphatic rings. The second-order valence-corrected chi connectivity index (χ2v) is 17.9. The van der Waals surface area contributed by atoms with Gasteiger partial charge in [-0.2, -0.15) is 0 Å². The lowest BCUT2D eigenvalue weighted by Gasteiger charge is -2.34. The van der Waals surface area contributed by atoms with Gasteiger partial charge in [-0.05, 0) is 87.8 Å². The normalized spacial score (nSPS) is 28.6. The van der Waals surface area contributed by atoms with Crippen LogP contribution in [0.25, 0.3) is 21.6 Å². The average Bonchev–Trinajstić information content (AvgIpc) is 3.94. The second-order valence-electron chi connectivity index (χ2n) is 15.0. The minimum Gasteiger partial charge on any atom is -0.470 e. The summed E-state index contributed by atoms with van der Waals surface area (Å²) in [5.41, 5.74) is 0.256. The van der Waals surface area contributed by atoms with Gasteiger partial charge in [0, 0.05) is 12.3 Å². The van der Waals surface area contributed by atoms with Gasteiger partial charge < -0.3 is 25.0 Å². The molecule has 3 unspecified atom stereocenters. The maximum Gasteiger partial charge on any atom is 0.408 e. The molecule has 3 N–H and O–H groups in total. The molecule has 4 amide bonds. The Morgan fingerprint density at radius 1 is 1.00 bits per heavy atom. The summed E-state index contributed by atoms with van der Waals surface area (Å²) in [7, 11) is -3.91. The number of thiophene rings is 1. The zero-order chi connectivity index (χ0) is 38.3. The molecule has 4 heterocycles. The Labute approximate surface area is 323 Å². The molecular weight excluding hydrogens is 745 g/mol. The summed E-state index contributed by atoms with van der Waals surface area (Å²) in [6.45, 7) is 3.81. The van der Waals surface area contributed by atoms with Crippen LogP contribution in [0.1, 0.15) is 70.6 Å². The third kappa shape index (κ3) is 7.58. The first-order valence-corrected chi connectivity index (χ1v) is 21.4. The number of carbonyl (C=O) groups excluding carboxylic acids is 4. The Morgan fingerprint density at radius 3 is 2.45 bits per heavy atom. The monoisotopic (exact) mass is 788 g/mol. The maximum absolute atomic E-state index is 14.7. The van der Waals surface area contributed by atoms with E-state index in [-0.39, 0.29) is 31.2 Å². The molecule has 6 atom stereocenters. The average molecular weight is 789 g/mol. The first-order chi connectivity index (χ1) is 26.6. The molecule has 290 valence electrons. The van der Waals surface area contributed by atoms with Crippen LogP contribution in [0.3, 0.4) is 0 Å². The largest absolute Gasteiger partial charge is 0.470 e. The van der Waals surface area contributed by atoms with E-state index in [1.165, 1.54) is 22.3 Å². The zero-order valence-electron chi connectivity index (χ0n) is 30.2. The number of amides is 4. The van der Waals surface area contributed by atoms with Gasteiger partial charge in [0.2, 0.25) is 27.7 Å². The van der Waals surface area contributed by atoms with Crippen LogP contribution in [0.2, 0.25) is 0 Å². The number of nitrogens with one attached hydrogen (secondary N) is 3. The van der Waals surface area contributed by atoms with E-state index in [1.807, 2.05) is 53.9 Å². The van der Waals surface area contributed by atoms with Crippen molar-refractivity contribution in [3.63, 3.8) is 0 Å². The maximum atomic E-state index is 14.7. The minimum atomic E-state index is -3.91. The van der Waals surface area contributed by atoms with Crippen LogP contribution in [-0.2, 0) is 29.1 Å². The molecule has 2 aromatic heterocycles.